The third-order valence-corrected chi connectivity index (χ3v) is 4.46. The van der Waals surface area contributed by atoms with Crippen molar-refractivity contribution in [1.82, 2.24) is 14.9 Å². The van der Waals surface area contributed by atoms with Crippen LogP contribution in [0.4, 0.5) is 5.69 Å². The van der Waals surface area contributed by atoms with Gasteiger partial charge >= 0.3 is 0 Å². The highest BCUT2D eigenvalue weighted by Crippen LogP contribution is 2.25. The van der Waals surface area contributed by atoms with Crippen molar-refractivity contribution in [3.63, 3.8) is 0 Å². The molecule has 0 saturated heterocycles. The molecule has 0 saturated carbocycles. The third-order valence-electron chi connectivity index (χ3n) is 4.46. The van der Waals surface area contributed by atoms with Gasteiger partial charge in [-0.15, -0.1) is 0 Å². The summed E-state index contributed by atoms with van der Waals surface area (Å²) < 4.78 is 1.95. The average molecular weight is 320 g/mol. The second kappa shape index (κ2) is 5.19. The van der Waals surface area contributed by atoms with Crippen LogP contribution >= 0.6 is 0 Å². The third kappa shape index (κ3) is 2.15. The molecule has 2 amide bonds. The number of rotatable bonds is 2. The first-order valence-electron chi connectivity index (χ1n) is 7.69. The minimum Gasteiger partial charge on any atom is -0.348 e. The van der Waals surface area contributed by atoms with Crippen molar-refractivity contribution in [3.05, 3.63) is 58.9 Å². The van der Waals surface area contributed by atoms with E-state index in [1.54, 1.807) is 18.2 Å². The molecule has 0 atom stereocenters. The maximum atomic E-state index is 12.6. The molecule has 0 aliphatic carbocycles. The molecule has 2 N–H and O–H groups in total. The van der Waals surface area contributed by atoms with Gasteiger partial charge in [0.2, 0.25) is 0 Å². The maximum Gasteiger partial charge on any atom is 0.255 e. The lowest BCUT2D eigenvalue weighted by atomic mass is 10.1. The number of nitrogens with zero attached hydrogens (tertiary/aromatic N) is 2. The number of nitrogens with one attached hydrogen (secondary N) is 2. The molecular formula is C18H16N4O2. The van der Waals surface area contributed by atoms with Crippen LogP contribution in [-0.2, 0) is 13.6 Å². The lowest BCUT2D eigenvalue weighted by molar-refractivity contribution is 0.0964. The summed E-state index contributed by atoms with van der Waals surface area (Å²) in [6, 6.07) is 10.8. The fourth-order valence-electron chi connectivity index (χ4n) is 3.02. The van der Waals surface area contributed by atoms with Crippen LogP contribution in [0.3, 0.4) is 0 Å². The minimum absolute atomic E-state index is 0.104. The summed E-state index contributed by atoms with van der Waals surface area (Å²) >= 11 is 0. The van der Waals surface area contributed by atoms with Crippen LogP contribution in [0.25, 0.3) is 11.0 Å². The number of benzene rings is 2. The monoisotopic (exact) mass is 320 g/mol. The Morgan fingerprint density at radius 3 is 2.96 bits per heavy atom. The Kier molecular flexibility index (Phi) is 3.13. The zero-order valence-corrected chi connectivity index (χ0v) is 13.4. The first-order chi connectivity index (χ1) is 11.5. The molecule has 0 spiro atoms. The molecule has 3 aromatic rings. The summed E-state index contributed by atoms with van der Waals surface area (Å²) in [4.78, 5) is 28.8. The zero-order valence-electron chi connectivity index (χ0n) is 13.4. The summed E-state index contributed by atoms with van der Waals surface area (Å²) in [5.74, 6) is 0.587. The number of fused-ring (bicyclic) bond motifs is 2. The van der Waals surface area contributed by atoms with E-state index in [-0.39, 0.29) is 11.8 Å². The van der Waals surface area contributed by atoms with Crippen molar-refractivity contribution in [1.29, 1.82) is 0 Å². The van der Waals surface area contributed by atoms with E-state index in [4.69, 9.17) is 0 Å². The SMILES string of the molecule is Cc1nc2ccc(C(=O)Nc3cccc4c3CNC4=O)cc2n1C. The molecule has 0 bridgehead atoms. The van der Waals surface area contributed by atoms with Crippen LogP contribution < -0.4 is 10.6 Å². The van der Waals surface area contributed by atoms with Crippen molar-refractivity contribution < 1.29 is 9.59 Å². The molecule has 120 valence electrons. The number of hydrogen-bond donors (Lipinski definition) is 2. The van der Waals surface area contributed by atoms with Crippen LogP contribution in [0.5, 0.6) is 0 Å². The van der Waals surface area contributed by atoms with Crippen LogP contribution in [-0.4, -0.2) is 21.4 Å². The molecule has 4 rings (SSSR count). The van der Waals surface area contributed by atoms with Crippen LogP contribution in [0.1, 0.15) is 32.1 Å². The standard InChI is InChI=1S/C18H16N4O2/c1-10-20-15-7-6-11(8-16(15)22(10)2)17(23)21-14-5-3-4-12-13(14)9-19-18(12)24/h3-8H,9H2,1-2H3,(H,19,24)(H,21,23). The van der Waals surface area contributed by atoms with Gasteiger partial charge in [0.05, 0.1) is 11.0 Å². The van der Waals surface area contributed by atoms with Gasteiger partial charge in [-0.05, 0) is 37.3 Å². The minimum atomic E-state index is -0.205. The summed E-state index contributed by atoms with van der Waals surface area (Å²) in [5, 5.41) is 5.68. The molecule has 1 aliphatic heterocycles. The number of imidazole rings is 1. The van der Waals surface area contributed by atoms with Crippen LogP contribution in [0, 0.1) is 6.92 Å². The van der Waals surface area contributed by atoms with E-state index in [1.807, 2.05) is 36.7 Å². The van der Waals surface area contributed by atoms with E-state index in [0.29, 0.717) is 23.4 Å². The number of carbonyl (C=O) groups excluding carboxylic acids is 2. The highest BCUT2D eigenvalue weighted by atomic mass is 16.2. The normalized spacial score (nSPS) is 13.0. The molecular weight excluding hydrogens is 304 g/mol. The number of carbonyl (C=O) groups is 2. The molecule has 6 heteroatoms. The fourth-order valence-corrected chi connectivity index (χ4v) is 3.02. The van der Waals surface area contributed by atoms with E-state index >= 15 is 0 Å². The van der Waals surface area contributed by atoms with Gasteiger partial charge in [-0.1, -0.05) is 6.07 Å². The lowest BCUT2D eigenvalue weighted by Gasteiger charge is -2.09. The molecule has 0 unspecified atom stereocenters. The van der Waals surface area contributed by atoms with Gasteiger partial charge < -0.3 is 15.2 Å². The Balaban J connectivity index is 1.68. The topological polar surface area (TPSA) is 76.0 Å². The molecule has 1 aliphatic rings. The summed E-state index contributed by atoms with van der Waals surface area (Å²) in [5.41, 5.74) is 4.44. The molecule has 24 heavy (non-hydrogen) atoms. The maximum absolute atomic E-state index is 12.6. The van der Waals surface area contributed by atoms with Gasteiger partial charge in [-0.3, -0.25) is 9.59 Å². The predicted molar refractivity (Wildman–Crippen MR) is 91.0 cm³/mol. The highest BCUT2D eigenvalue weighted by molar-refractivity contribution is 6.08. The molecule has 2 aromatic carbocycles. The van der Waals surface area contributed by atoms with Crippen molar-refractivity contribution in [3.8, 4) is 0 Å². The average Bonchev–Trinajstić information content (AvgIpc) is 3.09. The van der Waals surface area contributed by atoms with Gasteiger partial charge in [0.15, 0.2) is 0 Å². The summed E-state index contributed by atoms with van der Waals surface area (Å²) in [6.45, 7) is 2.36. The molecule has 1 aromatic heterocycles. The zero-order chi connectivity index (χ0) is 16.8. The number of aryl methyl sites for hydroxylation is 2. The van der Waals surface area contributed by atoms with Crippen molar-refractivity contribution in [2.45, 2.75) is 13.5 Å². The molecule has 2 heterocycles. The quantitative estimate of drug-likeness (QED) is 0.761. The number of aromatic nitrogens is 2. The highest BCUT2D eigenvalue weighted by Gasteiger charge is 2.22. The lowest BCUT2D eigenvalue weighted by Crippen LogP contribution is -2.14. The predicted octanol–water partition coefficient (Wildman–Crippen LogP) is 2.38. The van der Waals surface area contributed by atoms with Crippen molar-refractivity contribution >= 4 is 28.5 Å². The Bertz CT molecular complexity index is 1000. The van der Waals surface area contributed by atoms with Gasteiger partial charge in [0, 0.05) is 36.0 Å². The van der Waals surface area contributed by atoms with E-state index in [2.05, 4.69) is 15.6 Å². The first kappa shape index (κ1) is 14.4. The van der Waals surface area contributed by atoms with Crippen molar-refractivity contribution in [2.24, 2.45) is 7.05 Å². The smallest absolute Gasteiger partial charge is 0.255 e. The molecule has 6 nitrogen and oxygen atoms in total. The largest absolute Gasteiger partial charge is 0.348 e. The number of amides is 2. The van der Waals surface area contributed by atoms with Gasteiger partial charge in [0.1, 0.15) is 5.82 Å². The van der Waals surface area contributed by atoms with E-state index in [1.165, 1.54) is 0 Å². The van der Waals surface area contributed by atoms with Crippen molar-refractivity contribution in [2.75, 3.05) is 5.32 Å². The van der Waals surface area contributed by atoms with Crippen LogP contribution in [0.2, 0.25) is 0 Å². The molecule has 0 fully saturated rings. The van der Waals surface area contributed by atoms with Crippen LogP contribution in [0.15, 0.2) is 36.4 Å². The number of anilines is 1. The molecule has 0 radical (unpaired) electrons. The fraction of sp³-hybridized carbons (Fsp3) is 0.167. The Hall–Kier alpha value is -3.15. The van der Waals surface area contributed by atoms with E-state index in [9.17, 15) is 9.59 Å². The Labute approximate surface area is 138 Å². The van der Waals surface area contributed by atoms with E-state index < -0.39 is 0 Å². The second-order valence-electron chi connectivity index (χ2n) is 5.89. The summed E-state index contributed by atoms with van der Waals surface area (Å²) in [7, 11) is 1.92. The summed E-state index contributed by atoms with van der Waals surface area (Å²) in [6.07, 6.45) is 0. The van der Waals surface area contributed by atoms with Gasteiger partial charge in [-0.25, -0.2) is 4.98 Å². The van der Waals surface area contributed by atoms with Gasteiger partial charge in [0.25, 0.3) is 11.8 Å². The van der Waals surface area contributed by atoms with Gasteiger partial charge in [-0.2, -0.15) is 0 Å². The first-order valence-corrected chi connectivity index (χ1v) is 7.69. The van der Waals surface area contributed by atoms with E-state index in [0.717, 1.165) is 22.4 Å². The second-order valence-corrected chi connectivity index (χ2v) is 5.89. The number of hydrogen-bond acceptors (Lipinski definition) is 3. The Morgan fingerprint density at radius 1 is 1.29 bits per heavy atom. The Morgan fingerprint density at radius 2 is 2.12 bits per heavy atom.